The molecule has 1 aliphatic rings. The second-order valence-electron chi connectivity index (χ2n) is 6.30. The van der Waals surface area contributed by atoms with E-state index in [-0.39, 0.29) is 5.91 Å². The molecule has 0 N–H and O–H groups in total. The number of anilines is 1. The molecule has 7 heteroatoms. The van der Waals surface area contributed by atoms with Crippen molar-refractivity contribution in [1.82, 2.24) is 24.9 Å². The van der Waals surface area contributed by atoms with Gasteiger partial charge in [0.25, 0.3) is 5.91 Å². The number of aryl methyl sites for hydroxylation is 1. The molecular formula is C19H20N6O. The van der Waals surface area contributed by atoms with Gasteiger partial charge in [0.15, 0.2) is 11.6 Å². The van der Waals surface area contributed by atoms with Gasteiger partial charge in [0.1, 0.15) is 0 Å². The van der Waals surface area contributed by atoms with E-state index in [9.17, 15) is 4.79 Å². The number of piperazine rings is 1. The average Bonchev–Trinajstić information content (AvgIpc) is 3.15. The van der Waals surface area contributed by atoms with E-state index in [1.54, 1.807) is 4.68 Å². The third-order valence-corrected chi connectivity index (χ3v) is 4.51. The molecule has 1 amide bonds. The zero-order valence-corrected chi connectivity index (χ0v) is 14.6. The number of aromatic nitrogens is 4. The van der Waals surface area contributed by atoms with Gasteiger partial charge in [0, 0.05) is 37.9 Å². The molecule has 3 aromatic rings. The minimum atomic E-state index is 0.0840. The van der Waals surface area contributed by atoms with Crippen molar-refractivity contribution < 1.29 is 4.79 Å². The Morgan fingerprint density at radius 3 is 2.19 bits per heavy atom. The lowest BCUT2D eigenvalue weighted by Gasteiger charge is -2.35. The fourth-order valence-corrected chi connectivity index (χ4v) is 3.05. The summed E-state index contributed by atoms with van der Waals surface area (Å²) in [7, 11) is 0. The lowest BCUT2D eigenvalue weighted by molar-refractivity contribution is 0.0746. The maximum Gasteiger partial charge on any atom is 0.253 e. The van der Waals surface area contributed by atoms with E-state index < -0.39 is 0 Å². The molecular weight excluding hydrogens is 328 g/mol. The van der Waals surface area contributed by atoms with Gasteiger partial charge in [-0.1, -0.05) is 18.2 Å². The van der Waals surface area contributed by atoms with Gasteiger partial charge in [-0.2, -0.15) is 5.10 Å². The van der Waals surface area contributed by atoms with Crippen molar-refractivity contribution in [3.05, 3.63) is 66.0 Å². The summed E-state index contributed by atoms with van der Waals surface area (Å²) >= 11 is 0. The fraction of sp³-hybridized carbons (Fsp3) is 0.263. The Labute approximate surface area is 151 Å². The van der Waals surface area contributed by atoms with Crippen LogP contribution < -0.4 is 4.90 Å². The van der Waals surface area contributed by atoms with Crippen molar-refractivity contribution in [2.24, 2.45) is 0 Å². The summed E-state index contributed by atoms with van der Waals surface area (Å²) < 4.78 is 1.71. The van der Waals surface area contributed by atoms with Gasteiger partial charge in [-0.25, -0.2) is 4.68 Å². The number of rotatable bonds is 3. The van der Waals surface area contributed by atoms with Crippen LogP contribution in [0.3, 0.4) is 0 Å². The SMILES string of the molecule is Cc1ccn(-c2ccc(N3CCN(C(=O)c4ccccc4)CC3)nn2)n1. The molecule has 4 rings (SSSR count). The van der Waals surface area contributed by atoms with Gasteiger partial charge >= 0.3 is 0 Å². The number of benzene rings is 1. The molecule has 0 saturated carbocycles. The van der Waals surface area contributed by atoms with Crippen molar-refractivity contribution in [3.8, 4) is 5.82 Å². The normalized spacial score (nSPS) is 14.5. The average molecular weight is 348 g/mol. The zero-order chi connectivity index (χ0) is 17.9. The van der Waals surface area contributed by atoms with Crippen LogP contribution in [-0.2, 0) is 0 Å². The molecule has 7 nitrogen and oxygen atoms in total. The predicted octanol–water partition coefficient (Wildman–Crippen LogP) is 1.93. The van der Waals surface area contributed by atoms with Gasteiger partial charge in [0.05, 0.1) is 5.69 Å². The predicted molar refractivity (Wildman–Crippen MR) is 98.4 cm³/mol. The lowest BCUT2D eigenvalue weighted by Crippen LogP contribution is -2.49. The summed E-state index contributed by atoms with van der Waals surface area (Å²) in [6, 6.07) is 15.2. The molecule has 132 valence electrons. The quantitative estimate of drug-likeness (QED) is 0.724. The summed E-state index contributed by atoms with van der Waals surface area (Å²) in [4.78, 5) is 16.6. The second kappa shape index (κ2) is 6.95. The van der Waals surface area contributed by atoms with Crippen LogP contribution in [0.1, 0.15) is 16.1 Å². The Bertz CT molecular complexity index is 882. The minimum absolute atomic E-state index is 0.0840. The van der Waals surface area contributed by atoms with Gasteiger partial charge < -0.3 is 9.80 Å². The second-order valence-corrected chi connectivity index (χ2v) is 6.30. The summed E-state index contributed by atoms with van der Waals surface area (Å²) in [5.74, 6) is 1.60. The van der Waals surface area contributed by atoms with E-state index >= 15 is 0 Å². The number of hydrogen-bond donors (Lipinski definition) is 0. The summed E-state index contributed by atoms with van der Waals surface area (Å²) in [5.41, 5.74) is 1.68. The molecule has 0 radical (unpaired) electrons. The smallest absolute Gasteiger partial charge is 0.253 e. The third kappa shape index (κ3) is 3.28. The third-order valence-electron chi connectivity index (χ3n) is 4.51. The fourth-order valence-electron chi connectivity index (χ4n) is 3.05. The van der Waals surface area contributed by atoms with E-state index in [2.05, 4.69) is 20.2 Å². The highest BCUT2D eigenvalue weighted by Crippen LogP contribution is 2.15. The Balaban J connectivity index is 1.39. The van der Waals surface area contributed by atoms with Crippen LogP contribution >= 0.6 is 0 Å². The maximum absolute atomic E-state index is 12.5. The van der Waals surface area contributed by atoms with Crippen molar-refractivity contribution in [2.75, 3.05) is 31.1 Å². The van der Waals surface area contributed by atoms with Crippen LogP contribution in [0, 0.1) is 6.92 Å². The Morgan fingerprint density at radius 2 is 1.58 bits per heavy atom. The molecule has 1 aliphatic heterocycles. The molecule has 1 aromatic carbocycles. The van der Waals surface area contributed by atoms with Crippen LogP contribution in [0.5, 0.6) is 0 Å². The van der Waals surface area contributed by atoms with E-state index in [4.69, 9.17) is 0 Å². The van der Waals surface area contributed by atoms with E-state index in [0.717, 1.165) is 30.2 Å². The first kappa shape index (κ1) is 16.3. The lowest BCUT2D eigenvalue weighted by atomic mass is 10.2. The molecule has 1 fully saturated rings. The van der Waals surface area contributed by atoms with Crippen molar-refractivity contribution >= 4 is 11.7 Å². The molecule has 0 unspecified atom stereocenters. The number of nitrogens with zero attached hydrogens (tertiary/aromatic N) is 6. The zero-order valence-electron chi connectivity index (χ0n) is 14.6. The first-order valence-electron chi connectivity index (χ1n) is 8.66. The number of amides is 1. The summed E-state index contributed by atoms with van der Waals surface area (Å²) in [6.45, 7) is 4.78. The van der Waals surface area contributed by atoms with Crippen LogP contribution in [-0.4, -0.2) is 57.0 Å². The first-order chi connectivity index (χ1) is 12.7. The van der Waals surface area contributed by atoms with Crippen molar-refractivity contribution in [2.45, 2.75) is 6.92 Å². The summed E-state index contributed by atoms with van der Waals surface area (Å²) in [6.07, 6.45) is 1.87. The van der Waals surface area contributed by atoms with Gasteiger partial charge in [-0.05, 0) is 37.3 Å². The standard InChI is InChI=1S/C19H20N6O/c1-15-9-10-25(22-15)18-8-7-17(20-21-18)23-11-13-24(14-12-23)19(26)16-5-3-2-4-6-16/h2-10H,11-14H2,1H3. The van der Waals surface area contributed by atoms with Crippen LogP contribution in [0.15, 0.2) is 54.7 Å². The van der Waals surface area contributed by atoms with Gasteiger partial charge in [-0.3, -0.25) is 4.79 Å². The summed E-state index contributed by atoms with van der Waals surface area (Å²) in [5, 5.41) is 12.9. The molecule has 1 saturated heterocycles. The van der Waals surface area contributed by atoms with Crippen molar-refractivity contribution in [3.63, 3.8) is 0 Å². The Morgan fingerprint density at radius 1 is 0.885 bits per heavy atom. The monoisotopic (exact) mass is 348 g/mol. The topological polar surface area (TPSA) is 67.2 Å². The Hall–Kier alpha value is -3.22. The molecule has 0 bridgehead atoms. The molecule has 0 spiro atoms. The van der Waals surface area contributed by atoms with E-state index in [0.29, 0.717) is 18.9 Å². The molecule has 2 aromatic heterocycles. The Kier molecular flexibility index (Phi) is 4.35. The molecule has 26 heavy (non-hydrogen) atoms. The first-order valence-corrected chi connectivity index (χ1v) is 8.66. The van der Waals surface area contributed by atoms with Crippen molar-refractivity contribution in [1.29, 1.82) is 0 Å². The van der Waals surface area contributed by atoms with Crippen LogP contribution in [0.2, 0.25) is 0 Å². The minimum Gasteiger partial charge on any atom is -0.352 e. The number of hydrogen-bond acceptors (Lipinski definition) is 5. The van der Waals surface area contributed by atoms with Gasteiger partial charge in [-0.15, -0.1) is 10.2 Å². The molecule has 3 heterocycles. The number of carbonyl (C=O) groups is 1. The highest BCUT2D eigenvalue weighted by atomic mass is 16.2. The molecule has 0 atom stereocenters. The highest BCUT2D eigenvalue weighted by Gasteiger charge is 2.23. The van der Waals surface area contributed by atoms with Crippen LogP contribution in [0.4, 0.5) is 5.82 Å². The number of carbonyl (C=O) groups excluding carboxylic acids is 1. The van der Waals surface area contributed by atoms with Crippen LogP contribution in [0.25, 0.3) is 5.82 Å². The van der Waals surface area contributed by atoms with E-state index in [1.165, 1.54) is 0 Å². The highest BCUT2D eigenvalue weighted by molar-refractivity contribution is 5.94. The van der Waals surface area contributed by atoms with E-state index in [1.807, 2.05) is 66.6 Å². The largest absolute Gasteiger partial charge is 0.352 e. The van der Waals surface area contributed by atoms with Gasteiger partial charge in [0.2, 0.25) is 0 Å². The maximum atomic E-state index is 12.5. The molecule has 0 aliphatic carbocycles.